The fourth-order valence-electron chi connectivity index (χ4n) is 2.79. The zero-order chi connectivity index (χ0) is 11.8. The highest BCUT2D eigenvalue weighted by atomic mass is 16.3. The number of hydrogen-bond acceptors (Lipinski definition) is 3. The Bertz CT molecular complexity index is 278. The molecule has 2 N–H and O–H groups in total. The van der Waals surface area contributed by atoms with E-state index in [-0.39, 0.29) is 11.8 Å². The molecular weight excluding hydrogens is 204 g/mol. The van der Waals surface area contributed by atoms with Crippen LogP contribution in [0.5, 0.6) is 0 Å². The quantitative estimate of drug-likeness (QED) is 0.730. The summed E-state index contributed by atoms with van der Waals surface area (Å²) in [6.07, 6.45) is 2.82. The number of nitrogens with one attached hydrogen (secondary N) is 1. The monoisotopic (exact) mass is 226 g/mol. The molecule has 92 valence electrons. The summed E-state index contributed by atoms with van der Waals surface area (Å²) in [5.74, 6) is 0.354. The average molecular weight is 226 g/mol. The van der Waals surface area contributed by atoms with E-state index < -0.39 is 5.60 Å². The summed E-state index contributed by atoms with van der Waals surface area (Å²) in [6.45, 7) is 6.31. The van der Waals surface area contributed by atoms with Gasteiger partial charge < -0.3 is 10.4 Å². The van der Waals surface area contributed by atoms with Gasteiger partial charge in [-0.25, -0.2) is 0 Å². The second-order valence-electron chi connectivity index (χ2n) is 5.38. The highest BCUT2D eigenvalue weighted by Crippen LogP contribution is 2.28. The van der Waals surface area contributed by atoms with E-state index in [4.69, 9.17) is 0 Å². The van der Waals surface area contributed by atoms with E-state index in [0.29, 0.717) is 12.6 Å². The van der Waals surface area contributed by atoms with Crippen molar-refractivity contribution in [2.24, 2.45) is 5.92 Å². The standard InChI is InChI=1S/C12H22N2O2/c1-3-12(2,16)8-14-6-4-5-9-10(14)7-13-11(9)15/h9-10,16H,3-8H2,1-2H3,(H,13,15). The number of fused-ring (bicyclic) bond motifs is 1. The van der Waals surface area contributed by atoms with Crippen LogP contribution < -0.4 is 5.32 Å². The van der Waals surface area contributed by atoms with Crippen molar-refractivity contribution < 1.29 is 9.90 Å². The van der Waals surface area contributed by atoms with Gasteiger partial charge in [0.15, 0.2) is 0 Å². The fraction of sp³-hybridized carbons (Fsp3) is 0.917. The largest absolute Gasteiger partial charge is 0.389 e. The van der Waals surface area contributed by atoms with E-state index >= 15 is 0 Å². The van der Waals surface area contributed by atoms with Crippen LogP contribution in [0.3, 0.4) is 0 Å². The van der Waals surface area contributed by atoms with Gasteiger partial charge in [-0.3, -0.25) is 9.69 Å². The van der Waals surface area contributed by atoms with Crippen molar-refractivity contribution in [3.8, 4) is 0 Å². The number of amides is 1. The number of carbonyl (C=O) groups excluding carboxylic acids is 1. The molecule has 2 rings (SSSR count). The maximum absolute atomic E-state index is 11.6. The number of rotatable bonds is 3. The van der Waals surface area contributed by atoms with Crippen molar-refractivity contribution in [2.45, 2.75) is 44.8 Å². The third kappa shape index (κ3) is 2.23. The molecule has 1 amide bonds. The number of hydrogen-bond donors (Lipinski definition) is 2. The Hall–Kier alpha value is -0.610. The van der Waals surface area contributed by atoms with Crippen LogP contribution in [0.25, 0.3) is 0 Å². The molecular formula is C12H22N2O2. The van der Waals surface area contributed by atoms with Crippen molar-refractivity contribution in [1.29, 1.82) is 0 Å². The van der Waals surface area contributed by atoms with Crippen molar-refractivity contribution in [1.82, 2.24) is 10.2 Å². The van der Waals surface area contributed by atoms with Crippen LogP contribution in [0.2, 0.25) is 0 Å². The first-order chi connectivity index (χ1) is 7.53. The number of aliphatic hydroxyl groups is 1. The molecule has 2 saturated heterocycles. The fourth-order valence-corrected chi connectivity index (χ4v) is 2.79. The lowest BCUT2D eigenvalue weighted by Crippen LogP contribution is -2.51. The Morgan fingerprint density at radius 3 is 3.06 bits per heavy atom. The summed E-state index contributed by atoms with van der Waals surface area (Å²) in [5.41, 5.74) is -0.631. The lowest BCUT2D eigenvalue weighted by atomic mass is 9.90. The molecule has 0 aliphatic carbocycles. The molecule has 3 unspecified atom stereocenters. The second kappa shape index (κ2) is 4.34. The summed E-state index contributed by atoms with van der Waals surface area (Å²) in [7, 11) is 0. The van der Waals surface area contributed by atoms with Gasteiger partial charge in [0, 0.05) is 19.1 Å². The van der Waals surface area contributed by atoms with Crippen LogP contribution >= 0.6 is 0 Å². The summed E-state index contributed by atoms with van der Waals surface area (Å²) in [6, 6.07) is 0.305. The number of piperidine rings is 1. The van der Waals surface area contributed by atoms with Crippen molar-refractivity contribution >= 4 is 5.91 Å². The van der Waals surface area contributed by atoms with Crippen LogP contribution in [0.1, 0.15) is 33.1 Å². The molecule has 0 bridgehead atoms. The van der Waals surface area contributed by atoms with Crippen molar-refractivity contribution in [3.05, 3.63) is 0 Å². The normalized spacial score (nSPS) is 34.3. The molecule has 4 heteroatoms. The molecule has 2 fully saturated rings. The zero-order valence-electron chi connectivity index (χ0n) is 10.2. The lowest BCUT2D eigenvalue weighted by Gasteiger charge is -2.39. The maximum atomic E-state index is 11.6. The minimum atomic E-state index is -0.631. The lowest BCUT2D eigenvalue weighted by molar-refractivity contribution is -0.124. The van der Waals surface area contributed by atoms with Crippen LogP contribution in [0, 0.1) is 5.92 Å². The predicted octanol–water partition coefficient (Wildman–Crippen LogP) is 0.358. The number of carbonyl (C=O) groups is 1. The van der Waals surface area contributed by atoms with Gasteiger partial charge in [-0.2, -0.15) is 0 Å². The number of nitrogens with zero attached hydrogens (tertiary/aromatic N) is 1. The van der Waals surface area contributed by atoms with E-state index in [1.54, 1.807) is 0 Å². The van der Waals surface area contributed by atoms with Gasteiger partial charge in [0.05, 0.1) is 11.5 Å². The summed E-state index contributed by atoms with van der Waals surface area (Å²) in [4.78, 5) is 13.9. The zero-order valence-corrected chi connectivity index (χ0v) is 10.2. The third-order valence-electron chi connectivity index (χ3n) is 4.02. The minimum absolute atomic E-state index is 0.154. The molecule has 0 spiro atoms. The molecule has 16 heavy (non-hydrogen) atoms. The Labute approximate surface area is 97.0 Å². The molecule has 2 aliphatic rings. The summed E-state index contributed by atoms with van der Waals surface area (Å²) < 4.78 is 0. The maximum Gasteiger partial charge on any atom is 0.224 e. The molecule has 0 aromatic rings. The Balaban J connectivity index is 2.02. The van der Waals surface area contributed by atoms with Gasteiger partial charge in [0.25, 0.3) is 0 Å². The Kier molecular flexibility index (Phi) is 3.22. The first-order valence-corrected chi connectivity index (χ1v) is 6.27. The molecule has 0 aromatic carbocycles. The van der Waals surface area contributed by atoms with Gasteiger partial charge in [-0.1, -0.05) is 6.92 Å². The van der Waals surface area contributed by atoms with Gasteiger partial charge in [-0.05, 0) is 32.7 Å². The number of likely N-dealkylation sites (tertiary alicyclic amines) is 1. The Morgan fingerprint density at radius 2 is 2.38 bits per heavy atom. The van der Waals surface area contributed by atoms with Gasteiger partial charge in [0.2, 0.25) is 5.91 Å². The molecule has 2 heterocycles. The summed E-state index contributed by atoms with van der Waals surface area (Å²) in [5, 5.41) is 13.0. The Morgan fingerprint density at radius 1 is 1.62 bits per heavy atom. The van der Waals surface area contributed by atoms with E-state index in [2.05, 4.69) is 10.2 Å². The first-order valence-electron chi connectivity index (χ1n) is 6.27. The number of β-amino-alcohol motifs (C(OH)–C–C–N with tert-alkyl or cyclic N) is 1. The topological polar surface area (TPSA) is 52.6 Å². The van der Waals surface area contributed by atoms with E-state index in [9.17, 15) is 9.90 Å². The molecule has 0 aromatic heterocycles. The smallest absolute Gasteiger partial charge is 0.224 e. The summed E-state index contributed by atoms with van der Waals surface area (Å²) >= 11 is 0. The highest BCUT2D eigenvalue weighted by Gasteiger charge is 2.42. The highest BCUT2D eigenvalue weighted by molar-refractivity contribution is 5.82. The second-order valence-corrected chi connectivity index (χ2v) is 5.38. The van der Waals surface area contributed by atoms with E-state index in [1.165, 1.54) is 0 Å². The van der Waals surface area contributed by atoms with E-state index in [0.717, 1.165) is 32.4 Å². The average Bonchev–Trinajstić information content (AvgIpc) is 2.62. The van der Waals surface area contributed by atoms with Gasteiger partial charge in [0.1, 0.15) is 0 Å². The van der Waals surface area contributed by atoms with E-state index in [1.807, 2.05) is 13.8 Å². The first kappa shape index (κ1) is 11.9. The third-order valence-corrected chi connectivity index (χ3v) is 4.02. The van der Waals surface area contributed by atoms with Crippen LogP contribution in [-0.4, -0.2) is 47.2 Å². The van der Waals surface area contributed by atoms with Gasteiger partial charge in [-0.15, -0.1) is 0 Å². The molecule has 0 radical (unpaired) electrons. The van der Waals surface area contributed by atoms with Crippen molar-refractivity contribution in [3.63, 3.8) is 0 Å². The van der Waals surface area contributed by atoms with Gasteiger partial charge >= 0.3 is 0 Å². The van der Waals surface area contributed by atoms with Crippen LogP contribution in [0.15, 0.2) is 0 Å². The SMILES string of the molecule is CCC(C)(O)CN1CCCC2C(=O)NCC21. The predicted molar refractivity (Wildman–Crippen MR) is 62.0 cm³/mol. The van der Waals surface area contributed by atoms with Crippen molar-refractivity contribution in [2.75, 3.05) is 19.6 Å². The van der Waals surface area contributed by atoms with Crippen LogP contribution in [0.4, 0.5) is 0 Å². The van der Waals surface area contributed by atoms with Crippen LogP contribution in [-0.2, 0) is 4.79 Å². The molecule has 3 atom stereocenters. The molecule has 4 nitrogen and oxygen atoms in total. The molecule has 2 aliphatic heterocycles. The molecule has 0 saturated carbocycles. The minimum Gasteiger partial charge on any atom is -0.389 e.